The highest BCUT2D eigenvalue weighted by atomic mass is 35.5. The van der Waals surface area contributed by atoms with Gasteiger partial charge in [0.15, 0.2) is 0 Å². The second kappa shape index (κ2) is 14.0. The Morgan fingerprint density at radius 2 is 1.49 bits per heavy atom. The van der Waals surface area contributed by atoms with Gasteiger partial charge in [-0.1, -0.05) is 80.7 Å². The molecule has 1 amide bonds. The molecule has 3 nitrogen and oxygen atoms in total. The number of benzene rings is 2. The van der Waals surface area contributed by atoms with Gasteiger partial charge >= 0.3 is 0 Å². The summed E-state index contributed by atoms with van der Waals surface area (Å²) in [4.78, 5) is 26.3. The molecule has 6 heteroatoms. The molecule has 1 fully saturated rings. The predicted molar refractivity (Wildman–Crippen MR) is 156 cm³/mol. The highest BCUT2D eigenvalue weighted by molar-refractivity contribution is 6.35. The Hall–Kier alpha value is -1.55. The standard InChI is InChI=1S/C31H40Cl3NO2/c1-19(2)5-15-29(36)25-13-14-26(24-12-11-23(33)17-28(24)34)31(21-7-9-22(32)10-8-21)27(25)18-35-30(37)16-6-20(3)4/h7-12,17,19-20,25-27,31H,5-6,13-16,18H2,1-4H3,(H,35,37). The van der Waals surface area contributed by atoms with Crippen molar-refractivity contribution in [2.45, 2.75) is 78.1 Å². The molecule has 0 bridgehead atoms. The predicted octanol–water partition coefficient (Wildman–Crippen LogP) is 9.10. The first-order chi connectivity index (χ1) is 17.6. The minimum absolute atomic E-state index is 0.00286. The molecule has 37 heavy (non-hydrogen) atoms. The zero-order chi connectivity index (χ0) is 27.1. The van der Waals surface area contributed by atoms with Crippen molar-refractivity contribution in [3.05, 3.63) is 68.7 Å². The van der Waals surface area contributed by atoms with Crippen LogP contribution >= 0.6 is 34.8 Å². The fourth-order valence-electron chi connectivity index (χ4n) is 5.64. The highest BCUT2D eigenvalue weighted by Gasteiger charge is 2.44. The minimum atomic E-state index is -0.118. The molecule has 3 rings (SSSR count). The molecule has 1 N–H and O–H groups in total. The van der Waals surface area contributed by atoms with Crippen molar-refractivity contribution in [1.29, 1.82) is 0 Å². The smallest absolute Gasteiger partial charge is 0.220 e. The Bertz CT molecular complexity index is 1050. The molecule has 1 saturated carbocycles. The van der Waals surface area contributed by atoms with Gasteiger partial charge in [-0.2, -0.15) is 0 Å². The molecule has 0 aliphatic heterocycles. The van der Waals surface area contributed by atoms with Crippen LogP contribution in [-0.2, 0) is 9.59 Å². The summed E-state index contributed by atoms with van der Waals surface area (Å²) in [5.74, 6) is 1.21. The summed E-state index contributed by atoms with van der Waals surface area (Å²) in [6, 6.07) is 13.6. The minimum Gasteiger partial charge on any atom is -0.356 e. The van der Waals surface area contributed by atoms with E-state index in [0.717, 1.165) is 36.8 Å². The van der Waals surface area contributed by atoms with Gasteiger partial charge in [0.1, 0.15) is 5.78 Å². The Kier molecular flexibility index (Phi) is 11.4. The molecule has 4 unspecified atom stereocenters. The Morgan fingerprint density at radius 3 is 2.11 bits per heavy atom. The molecule has 1 aliphatic carbocycles. The summed E-state index contributed by atoms with van der Waals surface area (Å²) in [5.41, 5.74) is 2.15. The molecule has 0 aromatic heterocycles. The second-order valence-corrected chi connectivity index (χ2v) is 12.6. The number of halogens is 3. The molecular formula is C31H40Cl3NO2. The van der Waals surface area contributed by atoms with Crippen LogP contribution in [0.3, 0.4) is 0 Å². The largest absolute Gasteiger partial charge is 0.356 e. The van der Waals surface area contributed by atoms with Gasteiger partial charge in [0.05, 0.1) is 0 Å². The van der Waals surface area contributed by atoms with Gasteiger partial charge in [0.25, 0.3) is 0 Å². The molecule has 2 aromatic carbocycles. The van der Waals surface area contributed by atoms with Gasteiger partial charge in [0, 0.05) is 40.4 Å². The summed E-state index contributed by atoms with van der Waals surface area (Å²) in [7, 11) is 0. The van der Waals surface area contributed by atoms with Crippen molar-refractivity contribution in [3.63, 3.8) is 0 Å². The maximum atomic E-state index is 13.6. The van der Waals surface area contributed by atoms with Gasteiger partial charge in [-0.05, 0) is 90.7 Å². The van der Waals surface area contributed by atoms with Gasteiger partial charge < -0.3 is 5.32 Å². The number of carbonyl (C=O) groups excluding carboxylic acids is 2. The van der Waals surface area contributed by atoms with Crippen LogP contribution in [0.15, 0.2) is 42.5 Å². The van der Waals surface area contributed by atoms with E-state index in [-0.39, 0.29) is 29.6 Å². The quantitative estimate of drug-likeness (QED) is 0.296. The van der Waals surface area contributed by atoms with Crippen molar-refractivity contribution < 1.29 is 9.59 Å². The zero-order valence-electron chi connectivity index (χ0n) is 22.4. The number of carbonyl (C=O) groups is 2. The molecule has 0 heterocycles. The number of hydrogen-bond donors (Lipinski definition) is 1. The van der Waals surface area contributed by atoms with E-state index in [1.807, 2.05) is 24.3 Å². The van der Waals surface area contributed by atoms with E-state index < -0.39 is 0 Å². The fourth-order valence-corrected chi connectivity index (χ4v) is 6.32. The molecule has 2 aromatic rings. The Balaban J connectivity index is 2.00. The lowest BCUT2D eigenvalue weighted by Gasteiger charge is -2.44. The molecule has 0 spiro atoms. The summed E-state index contributed by atoms with van der Waals surface area (Å²) in [5, 5.41) is 5.10. The van der Waals surface area contributed by atoms with E-state index >= 15 is 0 Å². The van der Waals surface area contributed by atoms with Crippen LogP contribution < -0.4 is 5.32 Å². The van der Waals surface area contributed by atoms with E-state index in [0.29, 0.717) is 52.1 Å². The lowest BCUT2D eigenvalue weighted by molar-refractivity contribution is -0.127. The molecular weight excluding hydrogens is 525 g/mol. The Labute approximate surface area is 237 Å². The van der Waals surface area contributed by atoms with Crippen molar-refractivity contribution in [1.82, 2.24) is 5.32 Å². The van der Waals surface area contributed by atoms with Crippen LogP contribution in [0.25, 0.3) is 0 Å². The highest BCUT2D eigenvalue weighted by Crippen LogP contribution is 2.51. The summed E-state index contributed by atoms with van der Waals surface area (Å²) >= 11 is 19.2. The topological polar surface area (TPSA) is 46.2 Å². The number of nitrogens with one attached hydrogen (secondary N) is 1. The lowest BCUT2D eigenvalue weighted by Crippen LogP contribution is -2.43. The van der Waals surface area contributed by atoms with Gasteiger partial charge in [0.2, 0.25) is 5.91 Å². The number of rotatable bonds is 11. The average Bonchev–Trinajstić information content (AvgIpc) is 2.85. The maximum absolute atomic E-state index is 13.6. The van der Waals surface area contributed by atoms with Crippen LogP contribution in [0.1, 0.15) is 89.2 Å². The Morgan fingerprint density at radius 1 is 0.865 bits per heavy atom. The fraction of sp³-hybridized carbons (Fsp3) is 0.548. The SMILES string of the molecule is CC(C)CCC(=O)NCC1C(C(=O)CCC(C)C)CCC(c2ccc(Cl)cc2Cl)C1c1ccc(Cl)cc1. The average molecular weight is 565 g/mol. The van der Waals surface area contributed by atoms with Gasteiger partial charge in [-0.25, -0.2) is 0 Å². The first kappa shape index (κ1) is 30.0. The second-order valence-electron chi connectivity index (χ2n) is 11.3. The number of Topliss-reactive ketones (excluding diaryl/α,β-unsaturated/α-hetero) is 1. The van der Waals surface area contributed by atoms with Crippen molar-refractivity contribution >= 4 is 46.5 Å². The first-order valence-corrected chi connectivity index (χ1v) is 14.7. The van der Waals surface area contributed by atoms with Gasteiger partial charge in [-0.15, -0.1) is 0 Å². The van der Waals surface area contributed by atoms with Crippen molar-refractivity contribution in [2.75, 3.05) is 6.54 Å². The van der Waals surface area contributed by atoms with E-state index in [1.165, 1.54) is 0 Å². The van der Waals surface area contributed by atoms with E-state index in [1.54, 1.807) is 6.07 Å². The third kappa shape index (κ3) is 8.47. The maximum Gasteiger partial charge on any atom is 0.220 e. The summed E-state index contributed by atoms with van der Waals surface area (Å²) in [6.07, 6.45) is 4.40. The summed E-state index contributed by atoms with van der Waals surface area (Å²) in [6.45, 7) is 9.00. The summed E-state index contributed by atoms with van der Waals surface area (Å²) < 4.78 is 0. The molecule has 4 atom stereocenters. The lowest BCUT2D eigenvalue weighted by atomic mass is 9.61. The van der Waals surface area contributed by atoms with Crippen LogP contribution in [0.5, 0.6) is 0 Å². The van der Waals surface area contributed by atoms with Crippen molar-refractivity contribution in [3.8, 4) is 0 Å². The monoisotopic (exact) mass is 563 g/mol. The van der Waals surface area contributed by atoms with E-state index in [4.69, 9.17) is 34.8 Å². The van der Waals surface area contributed by atoms with Crippen LogP contribution in [0.4, 0.5) is 0 Å². The van der Waals surface area contributed by atoms with Crippen LogP contribution in [0.2, 0.25) is 15.1 Å². The van der Waals surface area contributed by atoms with Crippen LogP contribution in [0, 0.1) is 23.7 Å². The normalized spacial score (nSPS) is 21.9. The van der Waals surface area contributed by atoms with Gasteiger partial charge in [-0.3, -0.25) is 9.59 Å². The van der Waals surface area contributed by atoms with E-state index in [2.05, 4.69) is 45.1 Å². The number of amides is 1. The molecule has 0 saturated heterocycles. The zero-order valence-corrected chi connectivity index (χ0v) is 24.7. The molecule has 1 aliphatic rings. The first-order valence-electron chi connectivity index (χ1n) is 13.6. The molecule has 202 valence electrons. The third-order valence-electron chi connectivity index (χ3n) is 7.68. The molecule has 0 radical (unpaired) electrons. The number of ketones is 1. The van der Waals surface area contributed by atoms with E-state index in [9.17, 15) is 9.59 Å². The van der Waals surface area contributed by atoms with Crippen molar-refractivity contribution in [2.24, 2.45) is 23.7 Å². The van der Waals surface area contributed by atoms with Crippen LogP contribution in [-0.4, -0.2) is 18.2 Å². The third-order valence-corrected chi connectivity index (χ3v) is 8.50. The number of hydrogen-bond acceptors (Lipinski definition) is 2.